The minimum absolute atomic E-state index is 0.0978. The Hall–Kier alpha value is -0.570. The molecule has 0 aromatic carbocycles. The number of amides is 1. The molecule has 1 amide bonds. The number of carbonyl (C=O) groups is 1. The van der Waals surface area contributed by atoms with Crippen molar-refractivity contribution >= 4 is 5.91 Å². The molecule has 1 aliphatic carbocycles. The van der Waals surface area contributed by atoms with E-state index in [4.69, 9.17) is 0 Å². The lowest BCUT2D eigenvalue weighted by molar-refractivity contribution is -0.128. The van der Waals surface area contributed by atoms with Crippen LogP contribution in [0.4, 0.5) is 0 Å². The van der Waals surface area contributed by atoms with Gasteiger partial charge in [0.15, 0.2) is 0 Å². The minimum atomic E-state index is 0.0978. The average Bonchev–Trinajstić information content (AvgIpc) is 2.62. The Kier molecular flexibility index (Phi) is 4.08. The van der Waals surface area contributed by atoms with Gasteiger partial charge in [0.25, 0.3) is 0 Å². The van der Waals surface area contributed by atoms with Crippen LogP contribution >= 0.6 is 0 Å². The third-order valence-corrected chi connectivity index (χ3v) is 4.58. The van der Waals surface area contributed by atoms with Crippen LogP contribution in [0.25, 0.3) is 0 Å². The highest BCUT2D eigenvalue weighted by Crippen LogP contribution is 2.30. The summed E-state index contributed by atoms with van der Waals surface area (Å²) in [6.45, 7) is 5.57. The third kappa shape index (κ3) is 3.01. The molecule has 2 rings (SSSR count). The molecule has 0 radical (unpaired) electrons. The van der Waals surface area contributed by atoms with Gasteiger partial charge in [-0.05, 0) is 43.9 Å². The van der Waals surface area contributed by atoms with E-state index in [2.05, 4.69) is 19.2 Å². The molecule has 2 fully saturated rings. The third-order valence-electron chi connectivity index (χ3n) is 4.58. The predicted molar refractivity (Wildman–Crippen MR) is 69.8 cm³/mol. The summed E-state index contributed by atoms with van der Waals surface area (Å²) in [5.41, 5.74) is 0. The van der Waals surface area contributed by atoms with E-state index in [-0.39, 0.29) is 11.9 Å². The quantitative estimate of drug-likeness (QED) is 0.816. The minimum Gasteiger partial charge on any atom is -0.344 e. The Morgan fingerprint density at radius 2 is 1.82 bits per heavy atom. The van der Waals surface area contributed by atoms with E-state index in [9.17, 15) is 4.79 Å². The molecule has 3 heteroatoms. The van der Waals surface area contributed by atoms with Crippen LogP contribution in [0.1, 0.15) is 46.0 Å². The summed E-state index contributed by atoms with van der Waals surface area (Å²) in [4.78, 5) is 13.7. The van der Waals surface area contributed by atoms with Crippen molar-refractivity contribution in [2.75, 3.05) is 13.6 Å². The van der Waals surface area contributed by atoms with Crippen LogP contribution < -0.4 is 5.32 Å². The highest BCUT2D eigenvalue weighted by Gasteiger charge is 2.32. The molecule has 1 saturated heterocycles. The Labute approximate surface area is 105 Å². The van der Waals surface area contributed by atoms with Crippen LogP contribution in [0.5, 0.6) is 0 Å². The standard InChI is InChI=1S/C14H26N2O/c1-10(2)11-4-6-12(7-5-11)15-13-8-9-16(3)14(13)17/h10-13,15H,4-9H2,1-3H3. The van der Waals surface area contributed by atoms with E-state index in [1.54, 1.807) is 0 Å². The van der Waals surface area contributed by atoms with Crippen LogP contribution in [0.3, 0.4) is 0 Å². The molecule has 98 valence electrons. The van der Waals surface area contributed by atoms with E-state index >= 15 is 0 Å². The molecule has 0 spiro atoms. The van der Waals surface area contributed by atoms with Gasteiger partial charge in [0.2, 0.25) is 5.91 Å². The number of nitrogens with zero attached hydrogens (tertiary/aromatic N) is 1. The van der Waals surface area contributed by atoms with Crippen LogP contribution in [0.2, 0.25) is 0 Å². The van der Waals surface area contributed by atoms with Crippen molar-refractivity contribution in [1.29, 1.82) is 0 Å². The van der Waals surface area contributed by atoms with Gasteiger partial charge in [0, 0.05) is 19.6 Å². The fourth-order valence-electron chi connectivity index (χ4n) is 3.21. The topological polar surface area (TPSA) is 32.3 Å². The zero-order valence-electron chi connectivity index (χ0n) is 11.4. The number of likely N-dealkylation sites (N-methyl/N-ethyl adjacent to an activating group) is 1. The van der Waals surface area contributed by atoms with Crippen LogP contribution in [0, 0.1) is 11.8 Å². The zero-order valence-corrected chi connectivity index (χ0v) is 11.4. The molecule has 0 aromatic heterocycles. The van der Waals surface area contributed by atoms with Gasteiger partial charge in [-0.15, -0.1) is 0 Å². The Morgan fingerprint density at radius 1 is 1.18 bits per heavy atom. The molecular weight excluding hydrogens is 212 g/mol. The number of nitrogens with one attached hydrogen (secondary N) is 1. The lowest BCUT2D eigenvalue weighted by Crippen LogP contribution is -2.44. The van der Waals surface area contributed by atoms with Gasteiger partial charge in [-0.25, -0.2) is 0 Å². The summed E-state index contributed by atoms with van der Waals surface area (Å²) in [7, 11) is 1.90. The fraction of sp³-hybridized carbons (Fsp3) is 0.929. The van der Waals surface area contributed by atoms with E-state index in [1.165, 1.54) is 25.7 Å². The molecule has 1 unspecified atom stereocenters. The first-order valence-corrected chi connectivity index (χ1v) is 7.09. The van der Waals surface area contributed by atoms with Crippen molar-refractivity contribution in [3.63, 3.8) is 0 Å². The van der Waals surface area contributed by atoms with Crippen molar-refractivity contribution in [3.05, 3.63) is 0 Å². The first kappa shape index (κ1) is 12.9. The van der Waals surface area contributed by atoms with Gasteiger partial charge in [-0.2, -0.15) is 0 Å². The summed E-state index contributed by atoms with van der Waals surface area (Å²) in [5, 5.41) is 3.57. The van der Waals surface area contributed by atoms with Crippen molar-refractivity contribution in [1.82, 2.24) is 10.2 Å². The van der Waals surface area contributed by atoms with E-state index in [1.807, 2.05) is 11.9 Å². The Morgan fingerprint density at radius 3 is 2.29 bits per heavy atom. The molecule has 1 atom stereocenters. The van der Waals surface area contributed by atoms with Gasteiger partial charge in [-0.3, -0.25) is 4.79 Å². The summed E-state index contributed by atoms with van der Waals surface area (Å²) < 4.78 is 0. The lowest BCUT2D eigenvalue weighted by Gasteiger charge is -2.32. The second kappa shape index (κ2) is 5.38. The smallest absolute Gasteiger partial charge is 0.239 e. The van der Waals surface area contributed by atoms with Crippen molar-refractivity contribution in [3.8, 4) is 0 Å². The predicted octanol–water partition coefficient (Wildman–Crippen LogP) is 2.02. The first-order chi connectivity index (χ1) is 8.08. The summed E-state index contributed by atoms with van der Waals surface area (Å²) in [6, 6.07) is 0.672. The molecule has 1 N–H and O–H groups in total. The van der Waals surface area contributed by atoms with Crippen molar-refractivity contribution in [2.24, 2.45) is 11.8 Å². The average molecular weight is 238 g/mol. The van der Waals surface area contributed by atoms with Gasteiger partial charge >= 0.3 is 0 Å². The van der Waals surface area contributed by atoms with Gasteiger partial charge in [0.1, 0.15) is 0 Å². The number of hydrogen-bond acceptors (Lipinski definition) is 2. The lowest BCUT2D eigenvalue weighted by atomic mass is 9.79. The molecule has 3 nitrogen and oxygen atoms in total. The molecular formula is C14H26N2O. The Balaban J connectivity index is 1.77. The normalized spacial score (nSPS) is 34.7. The van der Waals surface area contributed by atoms with E-state index in [0.717, 1.165) is 24.8 Å². The van der Waals surface area contributed by atoms with Crippen LogP contribution in [-0.4, -0.2) is 36.5 Å². The van der Waals surface area contributed by atoms with Crippen LogP contribution in [-0.2, 0) is 4.79 Å². The maximum Gasteiger partial charge on any atom is 0.239 e. The molecule has 0 bridgehead atoms. The van der Waals surface area contributed by atoms with E-state index < -0.39 is 0 Å². The maximum atomic E-state index is 11.8. The zero-order chi connectivity index (χ0) is 12.4. The van der Waals surface area contributed by atoms with Gasteiger partial charge in [-0.1, -0.05) is 13.8 Å². The number of carbonyl (C=O) groups excluding carboxylic acids is 1. The van der Waals surface area contributed by atoms with Crippen molar-refractivity contribution < 1.29 is 4.79 Å². The molecule has 1 aliphatic heterocycles. The molecule has 17 heavy (non-hydrogen) atoms. The number of likely N-dealkylation sites (tertiary alicyclic amines) is 1. The molecule has 1 heterocycles. The van der Waals surface area contributed by atoms with E-state index in [0.29, 0.717) is 6.04 Å². The van der Waals surface area contributed by atoms with Crippen molar-refractivity contribution in [2.45, 2.75) is 58.0 Å². The maximum absolute atomic E-state index is 11.8. The van der Waals surface area contributed by atoms with Crippen LogP contribution in [0.15, 0.2) is 0 Å². The second-order valence-electron chi connectivity index (χ2n) is 6.12. The SMILES string of the molecule is CC(C)C1CCC(NC2CCN(C)C2=O)CC1. The summed E-state index contributed by atoms with van der Waals surface area (Å²) >= 11 is 0. The van der Waals surface area contributed by atoms with Gasteiger partial charge < -0.3 is 10.2 Å². The number of rotatable bonds is 3. The monoisotopic (exact) mass is 238 g/mol. The Bertz CT molecular complexity index is 269. The summed E-state index contributed by atoms with van der Waals surface area (Å²) in [6.07, 6.45) is 6.13. The highest BCUT2D eigenvalue weighted by molar-refractivity contribution is 5.83. The first-order valence-electron chi connectivity index (χ1n) is 7.09. The fourth-order valence-corrected chi connectivity index (χ4v) is 3.21. The highest BCUT2D eigenvalue weighted by atomic mass is 16.2. The largest absolute Gasteiger partial charge is 0.344 e. The number of hydrogen-bond donors (Lipinski definition) is 1. The van der Waals surface area contributed by atoms with Gasteiger partial charge in [0.05, 0.1) is 6.04 Å². The molecule has 2 aliphatic rings. The second-order valence-corrected chi connectivity index (χ2v) is 6.12. The molecule has 0 aromatic rings. The summed E-state index contributed by atoms with van der Waals surface area (Å²) in [5.74, 6) is 2.00. The molecule has 1 saturated carbocycles.